The van der Waals surface area contributed by atoms with Crippen molar-refractivity contribution in [1.29, 1.82) is 0 Å². The van der Waals surface area contributed by atoms with Crippen molar-refractivity contribution < 1.29 is 0 Å². The van der Waals surface area contributed by atoms with Crippen molar-refractivity contribution in [2.75, 3.05) is 6.54 Å². The van der Waals surface area contributed by atoms with E-state index in [1.807, 2.05) is 0 Å². The molecule has 2 rings (SSSR count). The number of aryl methyl sites for hydroxylation is 2. The van der Waals surface area contributed by atoms with Gasteiger partial charge in [0.15, 0.2) is 0 Å². The summed E-state index contributed by atoms with van der Waals surface area (Å²) in [6, 6.07) is 6.48. The first kappa shape index (κ1) is 8.34. The number of fused-ring (bicyclic) bond motifs is 1. The molecule has 1 heteroatoms. The Morgan fingerprint density at radius 2 is 2.08 bits per heavy atom. The van der Waals surface area contributed by atoms with Gasteiger partial charge in [-0.2, -0.15) is 0 Å². The van der Waals surface area contributed by atoms with Gasteiger partial charge in [-0.3, -0.25) is 0 Å². The molecule has 0 unspecified atom stereocenters. The van der Waals surface area contributed by atoms with Crippen LogP contribution in [0, 0.1) is 11.8 Å². The minimum atomic E-state index is 0.651. The first-order chi connectivity index (χ1) is 6.40. The molecule has 0 saturated carbocycles. The van der Waals surface area contributed by atoms with E-state index in [2.05, 4.69) is 30.0 Å². The minimum Gasteiger partial charge on any atom is -0.330 e. The standard InChI is InChI=1S/C12H13N/c13-8-2-1-3-10-4-5-11-6-7-12(11)9-10/h4-5,9H,2,6-8,13H2. The summed E-state index contributed by atoms with van der Waals surface area (Å²) in [4.78, 5) is 0. The molecule has 1 aliphatic rings. The molecule has 1 aliphatic carbocycles. The molecule has 2 N–H and O–H groups in total. The Morgan fingerprint density at radius 1 is 1.23 bits per heavy atom. The molecule has 0 bridgehead atoms. The monoisotopic (exact) mass is 171 g/mol. The van der Waals surface area contributed by atoms with Gasteiger partial charge in [-0.1, -0.05) is 17.9 Å². The smallest absolute Gasteiger partial charge is 0.0248 e. The van der Waals surface area contributed by atoms with E-state index in [-0.39, 0.29) is 0 Å². The highest BCUT2D eigenvalue weighted by atomic mass is 14.5. The maximum absolute atomic E-state index is 5.36. The predicted octanol–water partition coefficient (Wildman–Crippen LogP) is 1.49. The van der Waals surface area contributed by atoms with Gasteiger partial charge in [-0.15, -0.1) is 0 Å². The molecule has 0 heterocycles. The van der Waals surface area contributed by atoms with Crippen LogP contribution in [-0.2, 0) is 12.8 Å². The highest BCUT2D eigenvalue weighted by Crippen LogP contribution is 2.23. The fourth-order valence-electron chi connectivity index (χ4n) is 1.51. The van der Waals surface area contributed by atoms with E-state index >= 15 is 0 Å². The lowest BCUT2D eigenvalue weighted by Crippen LogP contribution is -2.07. The Balaban J connectivity index is 2.14. The largest absolute Gasteiger partial charge is 0.330 e. The zero-order valence-electron chi connectivity index (χ0n) is 7.64. The van der Waals surface area contributed by atoms with Crippen LogP contribution in [0.1, 0.15) is 23.1 Å². The van der Waals surface area contributed by atoms with E-state index in [4.69, 9.17) is 5.73 Å². The lowest BCUT2D eigenvalue weighted by atomic mass is 9.87. The third-order valence-corrected chi connectivity index (χ3v) is 2.37. The van der Waals surface area contributed by atoms with Crippen molar-refractivity contribution in [2.45, 2.75) is 19.3 Å². The van der Waals surface area contributed by atoms with E-state index in [0.717, 1.165) is 12.0 Å². The Hall–Kier alpha value is -1.26. The summed E-state index contributed by atoms with van der Waals surface area (Å²) in [5.74, 6) is 6.16. The lowest BCUT2D eigenvalue weighted by molar-refractivity contribution is 0.838. The van der Waals surface area contributed by atoms with Gasteiger partial charge >= 0.3 is 0 Å². The van der Waals surface area contributed by atoms with Crippen LogP contribution < -0.4 is 5.73 Å². The van der Waals surface area contributed by atoms with Crippen molar-refractivity contribution in [1.82, 2.24) is 0 Å². The topological polar surface area (TPSA) is 26.0 Å². The zero-order chi connectivity index (χ0) is 9.10. The van der Waals surface area contributed by atoms with Gasteiger partial charge in [-0.05, 0) is 36.1 Å². The van der Waals surface area contributed by atoms with Gasteiger partial charge in [0.05, 0.1) is 0 Å². The van der Waals surface area contributed by atoms with E-state index in [1.165, 1.54) is 24.0 Å². The molecule has 1 aromatic rings. The fraction of sp³-hybridized carbons (Fsp3) is 0.333. The molecule has 0 radical (unpaired) electrons. The molecule has 1 aromatic carbocycles. The highest BCUT2D eigenvalue weighted by molar-refractivity contribution is 5.44. The number of nitrogens with two attached hydrogens (primary N) is 1. The van der Waals surface area contributed by atoms with Crippen molar-refractivity contribution in [3.8, 4) is 11.8 Å². The van der Waals surface area contributed by atoms with E-state index in [9.17, 15) is 0 Å². The van der Waals surface area contributed by atoms with Gasteiger partial charge in [-0.25, -0.2) is 0 Å². The van der Waals surface area contributed by atoms with Crippen LogP contribution in [0.4, 0.5) is 0 Å². The summed E-state index contributed by atoms with van der Waals surface area (Å²) < 4.78 is 0. The molecule has 0 fully saturated rings. The first-order valence-corrected chi connectivity index (χ1v) is 4.71. The average Bonchev–Trinajstić information content (AvgIpc) is 2.10. The van der Waals surface area contributed by atoms with Gasteiger partial charge in [0, 0.05) is 18.5 Å². The molecule has 13 heavy (non-hydrogen) atoms. The molecule has 66 valence electrons. The Bertz CT molecular complexity index is 368. The Labute approximate surface area is 79.0 Å². The quantitative estimate of drug-likeness (QED) is 0.636. The normalized spacial score (nSPS) is 12.4. The molecule has 0 amide bonds. The first-order valence-electron chi connectivity index (χ1n) is 4.71. The van der Waals surface area contributed by atoms with Gasteiger partial charge in [0.25, 0.3) is 0 Å². The van der Waals surface area contributed by atoms with Crippen LogP contribution in [-0.4, -0.2) is 6.54 Å². The second-order valence-corrected chi connectivity index (χ2v) is 3.32. The molecule has 0 aromatic heterocycles. The second kappa shape index (κ2) is 3.64. The summed E-state index contributed by atoms with van der Waals surface area (Å²) in [7, 11) is 0. The Morgan fingerprint density at radius 3 is 2.69 bits per heavy atom. The minimum absolute atomic E-state index is 0.651. The van der Waals surface area contributed by atoms with Crippen LogP contribution >= 0.6 is 0 Å². The van der Waals surface area contributed by atoms with E-state index in [1.54, 1.807) is 0 Å². The van der Waals surface area contributed by atoms with Crippen molar-refractivity contribution in [3.05, 3.63) is 34.9 Å². The van der Waals surface area contributed by atoms with Crippen molar-refractivity contribution >= 4 is 0 Å². The van der Waals surface area contributed by atoms with Crippen LogP contribution in [0.15, 0.2) is 18.2 Å². The van der Waals surface area contributed by atoms with Crippen LogP contribution in [0.25, 0.3) is 0 Å². The van der Waals surface area contributed by atoms with Crippen LogP contribution in [0.2, 0.25) is 0 Å². The molecule has 1 nitrogen and oxygen atoms in total. The molecule has 0 saturated heterocycles. The Kier molecular flexibility index (Phi) is 2.33. The third kappa shape index (κ3) is 1.74. The average molecular weight is 171 g/mol. The van der Waals surface area contributed by atoms with Crippen LogP contribution in [0.5, 0.6) is 0 Å². The lowest BCUT2D eigenvalue weighted by Gasteiger charge is -2.17. The maximum Gasteiger partial charge on any atom is 0.0248 e. The summed E-state index contributed by atoms with van der Waals surface area (Å²) in [6.07, 6.45) is 3.25. The van der Waals surface area contributed by atoms with Gasteiger partial charge in [0.1, 0.15) is 0 Å². The summed E-state index contributed by atoms with van der Waals surface area (Å²) in [5, 5.41) is 0. The predicted molar refractivity (Wildman–Crippen MR) is 54.4 cm³/mol. The molecular formula is C12H13N. The third-order valence-electron chi connectivity index (χ3n) is 2.37. The second-order valence-electron chi connectivity index (χ2n) is 3.32. The number of benzene rings is 1. The van der Waals surface area contributed by atoms with Gasteiger partial charge < -0.3 is 5.73 Å². The zero-order valence-corrected chi connectivity index (χ0v) is 7.64. The fourth-order valence-corrected chi connectivity index (χ4v) is 1.51. The van der Waals surface area contributed by atoms with E-state index < -0.39 is 0 Å². The van der Waals surface area contributed by atoms with Crippen molar-refractivity contribution in [3.63, 3.8) is 0 Å². The molecule has 0 spiro atoms. The highest BCUT2D eigenvalue weighted by Gasteiger charge is 2.11. The molecule has 0 atom stereocenters. The number of hydrogen-bond donors (Lipinski definition) is 1. The SMILES string of the molecule is NCCC#Cc1ccc2c(c1)CC2. The van der Waals surface area contributed by atoms with Crippen LogP contribution in [0.3, 0.4) is 0 Å². The number of hydrogen-bond acceptors (Lipinski definition) is 1. The van der Waals surface area contributed by atoms with E-state index in [0.29, 0.717) is 6.54 Å². The maximum atomic E-state index is 5.36. The van der Waals surface area contributed by atoms with Crippen molar-refractivity contribution in [2.24, 2.45) is 5.73 Å². The summed E-state index contributed by atoms with van der Waals surface area (Å²) in [5.41, 5.74) is 9.45. The molecular weight excluding hydrogens is 158 g/mol. The van der Waals surface area contributed by atoms with Gasteiger partial charge in [0.2, 0.25) is 0 Å². The number of rotatable bonds is 1. The summed E-state index contributed by atoms with van der Waals surface area (Å²) in [6.45, 7) is 0.651. The summed E-state index contributed by atoms with van der Waals surface area (Å²) >= 11 is 0. The molecule has 0 aliphatic heterocycles.